The Hall–Kier alpha value is -0.770. The highest BCUT2D eigenvalue weighted by atomic mass is 16.2. The first-order valence-corrected chi connectivity index (χ1v) is 4.78. The van der Waals surface area contributed by atoms with Gasteiger partial charge >= 0.3 is 6.03 Å². The van der Waals surface area contributed by atoms with Crippen molar-refractivity contribution < 1.29 is 4.79 Å². The fraction of sp³-hybridized carbons (Fsp3) is 0.889. The van der Waals surface area contributed by atoms with E-state index in [9.17, 15) is 4.79 Å². The monoisotopic (exact) mass is 185 g/mol. The second-order valence-electron chi connectivity index (χ2n) is 4.39. The summed E-state index contributed by atoms with van der Waals surface area (Å²) in [4.78, 5) is 13.2. The average Bonchev–Trinajstić information content (AvgIpc) is 2.07. The Balaban J connectivity index is 2.45. The summed E-state index contributed by atoms with van der Waals surface area (Å²) in [6.45, 7) is 7.32. The maximum Gasteiger partial charge on any atom is 0.317 e. The molecule has 0 spiro atoms. The molecule has 1 fully saturated rings. The van der Waals surface area contributed by atoms with Crippen molar-refractivity contribution in [1.29, 1.82) is 0 Å². The number of carbonyl (C=O) groups is 1. The second kappa shape index (κ2) is 3.96. The van der Waals surface area contributed by atoms with Crippen LogP contribution in [0.3, 0.4) is 0 Å². The topological polar surface area (TPSA) is 58.4 Å². The zero-order chi connectivity index (χ0) is 9.90. The number of hydrogen-bond acceptors (Lipinski definition) is 2. The van der Waals surface area contributed by atoms with Crippen LogP contribution in [0.15, 0.2) is 0 Å². The van der Waals surface area contributed by atoms with Gasteiger partial charge in [0.05, 0.1) is 0 Å². The van der Waals surface area contributed by atoms with Crippen molar-refractivity contribution in [3.8, 4) is 0 Å². The molecule has 0 atom stereocenters. The van der Waals surface area contributed by atoms with E-state index in [1.54, 1.807) is 0 Å². The number of amides is 2. The molecule has 76 valence electrons. The molecule has 4 nitrogen and oxygen atoms in total. The fourth-order valence-electron chi connectivity index (χ4n) is 1.53. The predicted octanol–water partition coefficient (Wildman–Crippen LogP) is 0.387. The molecule has 1 rings (SSSR count). The summed E-state index contributed by atoms with van der Waals surface area (Å²) in [5.74, 6) is 0. The molecule has 0 aromatic heterocycles. The molecule has 2 amide bonds. The first-order valence-electron chi connectivity index (χ1n) is 4.78. The van der Waals surface area contributed by atoms with Crippen molar-refractivity contribution in [3.63, 3.8) is 0 Å². The highest BCUT2D eigenvalue weighted by Crippen LogP contribution is 2.19. The van der Waals surface area contributed by atoms with E-state index < -0.39 is 0 Å². The molecule has 13 heavy (non-hydrogen) atoms. The molecule has 3 N–H and O–H groups in total. The Kier molecular flexibility index (Phi) is 3.14. The number of nitrogens with two attached hydrogens (primary N) is 1. The summed E-state index contributed by atoms with van der Waals surface area (Å²) in [5, 5.41) is 2.88. The molecule has 0 saturated carbocycles. The van der Waals surface area contributed by atoms with Gasteiger partial charge in [0.25, 0.3) is 0 Å². The standard InChI is InChI=1S/C9H19N3O/c1-9(2)6-11-8(13)12(7-9)5-3-4-10/h3-7,10H2,1-2H3,(H,11,13). The molecule has 0 radical (unpaired) electrons. The van der Waals surface area contributed by atoms with E-state index in [0.717, 1.165) is 26.1 Å². The van der Waals surface area contributed by atoms with Gasteiger partial charge in [-0.1, -0.05) is 13.8 Å². The molecule has 1 heterocycles. The Morgan fingerprint density at radius 2 is 2.31 bits per heavy atom. The number of urea groups is 1. The van der Waals surface area contributed by atoms with Crippen molar-refractivity contribution in [2.45, 2.75) is 20.3 Å². The molecule has 1 saturated heterocycles. The number of carbonyl (C=O) groups excluding carboxylic acids is 1. The number of nitrogens with zero attached hydrogens (tertiary/aromatic N) is 1. The van der Waals surface area contributed by atoms with Crippen molar-refractivity contribution in [3.05, 3.63) is 0 Å². The van der Waals surface area contributed by atoms with Crippen LogP contribution in [0.25, 0.3) is 0 Å². The lowest BCUT2D eigenvalue weighted by Crippen LogP contribution is -2.55. The molecular formula is C9H19N3O. The molecule has 4 heteroatoms. The van der Waals surface area contributed by atoms with Crippen molar-refractivity contribution in [2.24, 2.45) is 11.1 Å². The second-order valence-corrected chi connectivity index (χ2v) is 4.39. The Morgan fingerprint density at radius 3 is 2.92 bits per heavy atom. The minimum Gasteiger partial charge on any atom is -0.337 e. The van der Waals surface area contributed by atoms with Crippen LogP contribution in [0.5, 0.6) is 0 Å². The van der Waals surface area contributed by atoms with Gasteiger partial charge < -0.3 is 16.0 Å². The van der Waals surface area contributed by atoms with Crippen LogP contribution in [0.1, 0.15) is 20.3 Å². The number of hydrogen-bond donors (Lipinski definition) is 2. The summed E-state index contributed by atoms with van der Waals surface area (Å²) >= 11 is 0. The van der Waals surface area contributed by atoms with Crippen LogP contribution in [0, 0.1) is 5.41 Å². The van der Waals surface area contributed by atoms with Crippen LogP contribution >= 0.6 is 0 Å². The van der Waals surface area contributed by atoms with E-state index in [1.807, 2.05) is 4.90 Å². The van der Waals surface area contributed by atoms with Crippen LogP contribution < -0.4 is 11.1 Å². The Labute approximate surface area is 79.5 Å². The lowest BCUT2D eigenvalue weighted by atomic mass is 9.91. The third kappa shape index (κ3) is 2.88. The van der Waals surface area contributed by atoms with E-state index in [-0.39, 0.29) is 11.4 Å². The van der Waals surface area contributed by atoms with Gasteiger partial charge in [0, 0.05) is 19.6 Å². The van der Waals surface area contributed by atoms with E-state index in [0.29, 0.717) is 6.54 Å². The third-order valence-electron chi connectivity index (χ3n) is 2.26. The summed E-state index contributed by atoms with van der Waals surface area (Å²) in [6.07, 6.45) is 0.878. The smallest absolute Gasteiger partial charge is 0.317 e. The SMILES string of the molecule is CC1(C)CNC(=O)N(CCCN)C1. The maximum absolute atomic E-state index is 11.4. The normalized spacial score (nSPS) is 21.5. The van der Waals surface area contributed by atoms with Crippen LogP contribution in [-0.2, 0) is 0 Å². The molecule has 0 aliphatic carbocycles. The molecule has 1 aliphatic rings. The fourth-order valence-corrected chi connectivity index (χ4v) is 1.53. The summed E-state index contributed by atoms with van der Waals surface area (Å²) in [6, 6.07) is 0.0489. The van der Waals surface area contributed by atoms with Gasteiger partial charge in [0.1, 0.15) is 0 Å². The third-order valence-corrected chi connectivity index (χ3v) is 2.26. The first kappa shape index (κ1) is 10.3. The van der Waals surface area contributed by atoms with E-state index >= 15 is 0 Å². The van der Waals surface area contributed by atoms with Crippen molar-refractivity contribution >= 4 is 6.03 Å². The lowest BCUT2D eigenvalue weighted by Gasteiger charge is -2.38. The summed E-state index contributed by atoms with van der Waals surface area (Å²) < 4.78 is 0. The van der Waals surface area contributed by atoms with E-state index in [1.165, 1.54) is 0 Å². The lowest BCUT2D eigenvalue weighted by molar-refractivity contribution is 0.137. The molecular weight excluding hydrogens is 166 g/mol. The zero-order valence-electron chi connectivity index (χ0n) is 8.47. The molecule has 0 aromatic rings. The highest BCUT2D eigenvalue weighted by molar-refractivity contribution is 5.75. The minimum atomic E-state index is 0.0489. The quantitative estimate of drug-likeness (QED) is 0.668. The van der Waals surface area contributed by atoms with Crippen LogP contribution in [-0.4, -0.2) is 37.1 Å². The minimum absolute atomic E-state index is 0.0489. The average molecular weight is 185 g/mol. The van der Waals surface area contributed by atoms with Crippen LogP contribution in [0.2, 0.25) is 0 Å². The Morgan fingerprint density at radius 1 is 1.62 bits per heavy atom. The van der Waals surface area contributed by atoms with Crippen molar-refractivity contribution in [2.75, 3.05) is 26.2 Å². The van der Waals surface area contributed by atoms with Gasteiger partial charge in [-0.3, -0.25) is 0 Å². The number of rotatable bonds is 3. The van der Waals surface area contributed by atoms with Gasteiger partial charge in [0.15, 0.2) is 0 Å². The van der Waals surface area contributed by atoms with Crippen molar-refractivity contribution in [1.82, 2.24) is 10.2 Å². The summed E-state index contributed by atoms with van der Waals surface area (Å²) in [5.41, 5.74) is 5.58. The van der Waals surface area contributed by atoms with Gasteiger partial charge in [-0.05, 0) is 18.4 Å². The predicted molar refractivity (Wildman–Crippen MR) is 52.4 cm³/mol. The molecule has 0 unspecified atom stereocenters. The number of nitrogens with one attached hydrogen (secondary N) is 1. The zero-order valence-corrected chi connectivity index (χ0v) is 8.47. The van der Waals surface area contributed by atoms with Gasteiger partial charge in [-0.25, -0.2) is 4.79 Å². The molecule has 0 bridgehead atoms. The highest BCUT2D eigenvalue weighted by Gasteiger charge is 2.30. The van der Waals surface area contributed by atoms with E-state index in [4.69, 9.17) is 5.73 Å². The van der Waals surface area contributed by atoms with Gasteiger partial charge in [-0.2, -0.15) is 0 Å². The van der Waals surface area contributed by atoms with Gasteiger partial charge in [-0.15, -0.1) is 0 Å². The Bertz CT molecular complexity index is 191. The molecule has 0 aromatic carbocycles. The van der Waals surface area contributed by atoms with Crippen LogP contribution in [0.4, 0.5) is 4.79 Å². The first-order chi connectivity index (χ1) is 6.05. The largest absolute Gasteiger partial charge is 0.337 e. The molecule has 1 aliphatic heterocycles. The maximum atomic E-state index is 11.4. The van der Waals surface area contributed by atoms with E-state index in [2.05, 4.69) is 19.2 Å². The van der Waals surface area contributed by atoms with Gasteiger partial charge in [0.2, 0.25) is 0 Å². The summed E-state index contributed by atoms with van der Waals surface area (Å²) in [7, 11) is 0.